The van der Waals surface area contributed by atoms with E-state index in [1.807, 2.05) is 12.3 Å². The summed E-state index contributed by atoms with van der Waals surface area (Å²) in [6, 6.07) is 4.48. The van der Waals surface area contributed by atoms with Crippen LogP contribution < -0.4 is 25.2 Å². The number of quaternary nitrogens is 1. The van der Waals surface area contributed by atoms with Crippen LogP contribution >= 0.6 is 11.3 Å². The van der Waals surface area contributed by atoms with Crippen molar-refractivity contribution in [3.63, 3.8) is 0 Å². The van der Waals surface area contributed by atoms with Gasteiger partial charge < -0.3 is 14.4 Å². The fourth-order valence-electron chi connectivity index (χ4n) is 3.42. The molecule has 3 N–H and O–H groups in total. The average Bonchev–Trinajstić information content (AvgIpc) is 3.21. The van der Waals surface area contributed by atoms with E-state index < -0.39 is 10.0 Å². The molecule has 1 aliphatic heterocycles. The number of nitrogens with one attached hydrogen (secondary N) is 3. The third kappa shape index (κ3) is 6.41. The van der Waals surface area contributed by atoms with Crippen LogP contribution in [0.3, 0.4) is 0 Å². The summed E-state index contributed by atoms with van der Waals surface area (Å²) < 4.78 is 37.8. The Bertz CT molecular complexity index is 1100. The molecule has 2 amide bonds. The number of methoxy groups -OCH3 is 2. The Morgan fingerprint density at radius 1 is 1.12 bits per heavy atom. The molecule has 2 heterocycles. The van der Waals surface area contributed by atoms with Crippen LogP contribution in [0.2, 0.25) is 0 Å². The van der Waals surface area contributed by atoms with Crippen LogP contribution in [0.15, 0.2) is 28.5 Å². The topological polar surface area (TPSA) is 131 Å². The Balaban J connectivity index is 1.47. The standard InChI is InChI=1S/C20H27N5O6S2/c1-14-13-32-20(21-14)11-18(26)22-23-19(27)12-24-6-8-25(9-7-24)33(28,29)15-4-5-16(30-2)17(10-15)31-3/h4-5,10,13H,6-9,11-12H2,1-3H3,(H,22,26)(H,23,27)/p+1. The predicted octanol–water partition coefficient (Wildman–Crippen LogP) is -1.25. The fraction of sp³-hybridized carbons (Fsp3) is 0.450. The molecule has 13 heteroatoms. The highest BCUT2D eigenvalue weighted by molar-refractivity contribution is 7.89. The molecule has 0 spiro atoms. The minimum Gasteiger partial charge on any atom is -0.493 e. The molecular formula is C20H28N5O6S2+. The number of aryl methyl sites for hydroxylation is 1. The molecule has 11 nitrogen and oxygen atoms in total. The number of thiazole rings is 1. The molecule has 2 aromatic rings. The number of carbonyl (C=O) groups excluding carboxylic acids is 2. The van der Waals surface area contributed by atoms with Crippen LogP contribution in [0.25, 0.3) is 0 Å². The second-order valence-electron chi connectivity index (χ2n) is 7.50. The number of hydrazine groups is 1. The van der Waals surface area contributed by atoms with Crippen LogP contribution in [0.5, 0.6) is 11.5 Å². The second kappa shape index (κ2) is 10.9. The lowest BCUT2D eigenvalue weighted by molar-refractivity contribution is -0.895. The van der Waals surface area contributed by atoms with Crippen LogP contribution in [-0.2, 0) is 26.0 Å². The number of carbonyl (C=O) groups is 2. The number of ether oxygens (including phenoxy) is 2. The summed E-state index contributed by atoms with van der Waals surface area (Å²) in [7, 11) is -0.767. The number of nitrogens with zero attached hydrogens (tertiary/aromatic N) is 2. The smallest absolute Gasteiger partial charge is 0.293 e. The summed E-state index contributed by atoms with van der Waals surface area (Å²) >= 11 is 1.39. The predicted molar refractivity (Wildman–Crippen MR) is 121 cm³/mol. The first-order valence-corrected chi connectivity index (χ1v) is 12.6. The van der Waals surface area contributed by atoms with E-state index in [2.05, 4.69) is 15.8 Å². The van der Waals surface area contributed by atoms with E-state index >= 15 is 0 Å². The van der Waals surface area contributed by atoms with Gasteiger partial charge in [-0.3, -0.25) is 20.4 Å². The lowest BCUT2D eigenvalue weighted by Crippen LogP contribution is -3.16. The molecule has 33 heavy (non-hydrogen) atoms. The van der Waals surface area contributed by atoms with E-state index in [0.717, 1.165) is 10.6 Å². The highest BCUT2D eigenvalue weighted by atomic mass is 32.2. The number of aromatic nitrogens is 1. The molecule has 0 radical (unpaired) electrons. The van der Waals surface area contributed by atoms with Gasteiger partial charge in [0.05, 0.1) is 51.7 Å². The highest BCUT2D eigenvalue weighted by Crippen LogP contribution is 2.30. The molecule has 1 fully saturated rings. The van der Waals surface area contributed by atoms with E-state index in [1.54, 1.807) is 6.07 Å². The van der Waals surface area contributed by atoms with Crippen molar-refractivity contribution in [3.05, 3.63) is 34.3 Å². The Labute approximate surface area is 196 Å². The molecule has 1 saturated heterocycles. The number of sulfonamides is 1. The largest absolute Gasteiger partial charge is 0.493 e. The normalized spacial score (nSPS) is 15.1. The van der Waals surface area contributed by atoms with Gasteiger partial charge in [0.1, 0.15) is 5.01 Å². The third-order valence-electron chi connectivity index (χ3n) is 5.15. The van der Waals surface area contributed by atoms with Crippen LogP contribution in [0.1, 0.15) is 10.7 Å². The maximum absolute atomic E-state index is 13.0. The number of benzene rings is 1. The number of amides is 2. The number of piperazine rings is 1. The summed E-state index contributed by atoms with van der Waals surface area (Å²) in [4.78, 5) is 29.4. The monoisotopic (exact) mass is 498 g/mol. The van der Waals surface area contributed by atoms with Gasteiger partial charge in [-0.15, -0.1) is 11.3 Å². The number of hydrogen-bond acceptors (Lipinski definition) is 8. The van der Waals surface area contributed by atoms with Crippen LogP contribution in [0, 0.1) is 6.92 Å². The van der Waals surface area contributed by atoms with Crippen molar-refractivity contribution >= 4 is 33.2 Å². The minimum absolute atomic E-state index is 0.0956. The molecule has 0 unspecified atom stereocenters. The minimum atomic E-state index is -3.70. The molecule has 0 saturated carbocycles. The van der Waals surface area contributed by atoms with Gasteiger partial charge >= 0.3 is 0 Å². The Hall–Kier alpha value is -2.74. The molecule has 1 aromatic heterocycles. The van der Waals surface area contributed by atoms with Crippen LogP contribution in [-0.4, -0.2) is 76.5 Å². The Kier molecular flexibility index (Phi) is 8.24. The zero-order valence-electron chi connectivity index (χ0n) is 18.7. The van der Waals surface area contributed by atoms with Gasteiger partial charge in [-0.1, -0.05) is 0 Å². The number of hydrogen-bond donors (Lipinski definition) is 3. The first kappa shape index (κ1) is 24.9. The van der Waals surface area contributed by atoms with Gasteiger partial charge in [0.25, 0.3) is 5.91 Å². The summed E-state index contributed by atoms with van der Waals surface area (Å²) in [5.74, 6) is 0.0977. The summed E-state index contributed by atoms with van der Waals surface area (Å²) in [5.41, 5.74) is 5.65. The quantitative estimate of drug-likeness (QED) is 0.388. The summed E-state index contributed by atoms with van der Waals surface area (Å²) in [6.07, 6.45) is 0.0956. The molecule has 1 aromatic carbocycles. The third-order valence-corrected chi connectivity index (χ3v) is 8.01. The van der Waals surface area contributed by atoms with Crippen molar-refractivity contribution < 1.29 is 32.4 Å². The van der Waals surface area contributed by atoms with Crippen LogP contribution in [0.4, 0.5) is 0 Å². The molecule has 3 rings (SSSR count). The number of rotatable bonds is 8. The van der Waals surface area contributed by atoms with E-state index in [9.17, 15) is 18.0 Å². The molecule has 180 valence electrons. The van der Waals surface area contributed by atoms with Crippen molar-refractivity contribution in [3.8, 4) is 11.5 Å². The van der Waals surface area contributed by atoms with Gasteiger partial charge in [-0.05, 0) is 19.1 Å². The zero-order chi connectivity index (χ0) is 24.0. The SMILES string of the molecule is COc1ccc(S(=O)(=O)N2CC[NH+](CC(=O)NNC(=O)Cc3nc(C)cs3)CC2)cc1OC. The van der Waals surface area contributed by atoms with E-state index in [4.69, 9.17) is 9.47 Å². The highest BCUT2D eigenvalue weighted by Gasteiger charge is 2.31. The van der Waals surface area contributed by atoms with Crippen molar-refractivity contribution in [1.29, 1.82) is 0 Å². The summed E-state index contributed by atoms with van der Waals surface area (Å²) in [6.45, 7) is 3.45. The van der Waals surface area contributed by atoms with E-state index in [0.29, 0.717) is 29.6 Å². The maximum atomic E-state index is 13.0. The molecular weight excluding hydrogens is 470 g/mol. The zero-order valence-corrected chi connectivity index (χ0v) is 20.3. The molecule has 1 aliphatic rings. The van der Waals surface area contributed by atoms with Crippen molar-refractivity contribution in [1.82, 2.24) is 20.1 Å². The maximum Gasteiger partial charge on any atom is 0.293 e. The van der Waals surface area contributed by atoms with Crippen molar-refractivity contribution in [2.45, 2.75) is 18.2 Å². The van der Waals surface area contributed by atoms with Gasteiger partial charge in [0.2, 0.25) is 15.9 Å². The van der Waals surface area contributed by atoms with Crippen molar-refractivity contribution in [2.75, 3.05) is 46.9 Å². The molecule has 0 aliphatic carbocycles. The Morgan fingerprint density at radius 3 is 2.39 bits per heavy atom. The van der Waals surface area contributed by atoms with E-state index in [-0.39, 0.29) is 42.8 Å². The fourth-order valence-corrected chi connectivity index (χ4v) is 5.65. The summed E-state index contributed by atoms with van der Waals surface area (Å²) in [5, 5.41) is 2.53. The first-order chi connectivity index (χ1) is 15.7. The Morgan fingerprint density at radius 2 is 1.79 bits per heavy atom. The molecule has 0 bridgehead atoms. The molecule has 0 atom stereocenters. The van der Waals surface area contributed by atoms with E-state index in [1.165, 1.54) is 42.0 Å². The lowest BCUT2D eigenvalue weighted by Gasteiger charge is -2.31. The van der Waals surface area contributed by atoms with Gasteiger partial charge in [0, 0.05) is 17.1 Å². The lowest BCUT2D eigenvalue weighted by atomic mass is 10.3. The van der Waals surface area contributed by atoms with Gasteiger partial charge in [0.15, 0.2) is 18.0 Å². The average molecular weight is 499 g/mol. The van der Waals surface area contributed by atoms with Gasteiger partial charge in [-0.25, -0.2) is 13.4 Å². The first-order valence-electron chi connectivity index (χ1n) is 10.3. The van der Waals surface area contributed by atoms with Gasteiger partial charge in [-0.2, -0.15) is 4.31 Å². The second-order valence-corrected chi connectivity index (χ2v) is 10.4. The van der Waals surface area contributed by atoms with Crippen molar-refractivity contribution in [2.24, 2.45) is 0 Å².